The molecule has 0 N–H and O–H groups in total. The molecular weight excluding hydrogens is 351 g/mol. The number of aromatic nitrogens is 4. The van der Waals surface area contributed by atoms with Crippen LogP contribution in [0.1, 0.15) is 11.3 Å². The molecule has 0 bridgehead atoms. The molecule has 0 aliphatic rings. The van der Waals surface area contributed by atoms with E-state index in [0.717, 1.165) is 27.9 Å². The van der Waals surface area contributed by atoms with Crippen molar-refractivity contribution in [1.29, 1.82) is 0 Å². The van der Waals surface area contributed by atoms with Crippen LogP contribution in [0.2, 0.25) is 0 Å². The zero-order valence-electron chi connectivity index (χ0n) is 13.7. The van der Waals surface area contributed by atoms with Crippen LogP contribution >= 0.6 is 11.8 Å². The summed E-state index contributed by atoms with van der Waals surface area (Å²) in [4.78, 5) is 4.05. The van der Waals surface area contributed by atoms with Gasteiger partial charge in [-0.25, -0.2) is 4.39 Å². The lowest BCUT2D eigenvalue weighted by atomic mass is 10.2. The van der Waals surface area contributed by atoms with E-state index in [1.807, 2.05) is 28.8 Å². The van der Waals surface area contributed by atoms with Gasteiger partial charge in [0.05, 0.1) is 12.8 Å². The first-order chi connectivity index (χ1) is 12.8. The number of hydrogen-bond donors (Lipinski definition) is 0. The van der Waals surface area contributed by atoms with E-state index in [1.54, 1.807) is 42.6 Å². The molecule has 3 heterocycles. The fourth-order valence-corrected chi connectivity index (χ4v) is 3.43. The summed E-state index contributed by atoms with van der Waals surface area (Å²) in [5.41, 5.74) is 1.96. The van der Waals surface area contributed by atoms with E-state index in [9.17, 15) is 4.39 Å². The Hall–Kier alpha value is -2.93. The maximum atomic E-state index is 13.1. The van der Waals surface area contributed by atoms with Crippen LogP contribution in [0.25, 0.3) is 11.4 Å². The highest BCUT2D eigenvalue weighted by Gasteiger charge is 2.16. The van der Waals surface area contributed by atoms with Gasteiger partial charge >= 0.3 is 0 Å². The van der Waals surface area contributed by atoms with Crippen molar-refractivity contribution >= 4 is 11.8 Å². The average Bonchev–Trinajstić information content (AvgIpc) is 3.33. The highest BCUT2D eigenvalue weighted by molar-refractivity contribution is 7.98. The van der Waals surface area contributed by atoms with E-state index in [1.165, 1.54) is 12.1 Å². The molecule has 130 valence electrons. The number of nitrogens with zero attached hydrogens (tertiary/aromatic N) is 4. The van der Waals surface area contributed by atoms with E-state index in [-0.39, 0.29) is 5.82 Å². The van der Waals surface area contributed by atoms with Crippen LogP contribution in [0.4, 0.5) is 4.39 Å². The van der Waals surface area contributed by atoms with Gasteiger partial charge in [-0.1, -0.05) is 23.9 Å². The molecule has 26 heavy (non-hydrogen) atoms. The van der Waals surface area contributed by atoms with Gasteiger partial charge in [0.2, 0.25) is 0 Å². The maximum Gasteiger partial charge on any atom is 0.192 e. The summed E-state index contributed by atoms with van der Waals surface area (Å²) in [5.74, 6) is 2.02. The number of thioether (sulfide) groups is 1. The maximum absolute atomic E-state index is 13.1. The van der Waals surface area contributed by atoms with Gasteiger partial charge in [-0.2, -0.15) is 0 Å². The van der Waals surface area contributed by atoms with Crippen molar-refractivity contribution < 1.29 is 8.81 Å². The van der Waals surface area contributed by atoms with Crippen LogP contribution in [0.3, 0.4) is 0 Å². The Morgan fingerprint density at radius 2 is 1.81 bits per heavy atom. The zero-order valence-corrected chi connectivity index (χ0v) is 14.6. The number of rotatable bonds is 6. The minimum atomic E-state index is -0.236. The molecule has 0 radical (unpaired) electrons. The van der Waals surface area contributed by atoms with E-state index in [2.05, 4.69) is 15.2 Å². The molecule has 0 unspecified atom stereocenters. The van der Waals surface area contributed by atoms with Crippen LogP contribution in [0.15, 0.2) is 76.8 Å². The zero-order chi connectivity index (χ0) is 17.8. The van der Waals surface area contributed by atoms with Gasteiger partial charge in [0.1, 0.15) is 11.6 Å². The van der Waals surface area contributed by atoms with Gasteiger partial charge < -0.3 is 4.42 Å². The second-order valence-electron chi connectivity index (χ2n) is 5.62. The minimum Gasteiger partial charge on any atom is -0.467 e. The summed E-state index contributed by atoms with van der Waals surface area (Å²) in [5, 5.41) is 9.48. The summed E-state index contributed by atoms with van der Waals surface area (Å²) in [7, 11) is 0. The summed E-state index contributed by atoms with van der Waals surface area (Å²) in [6, 6.07) is 14.1. The molecule has 5 nitrogen and oxygen atoms in total. The Balaban J connectivity index is 1.63. The highest BCUT2D eigenvalue weighted by Crippen LogP contribution is 2.27. The van der Waals surface area contributed by atoms with Crippen LogP contribution in [0.5, 0.6) is 0 Å². The van der Waals surface area contributed by atoms with Crippen molar-refractivity contribution in [3.63, 3.8) is 0 Å². The van der Waals surface area contributed by atoms with Crippen molar-refractivity contribution in [3.8, 4) is 11.4 Å². The first-order valence-corrected chi connectivity index (χ1v) is 9.01. The molecule has 0 saturated carbocycles. The SMILES string of the molecule is Fc1ccc(CSc2nnc(-c3ccncc3)n2Cc2ccco2)cc1. The first-order valence-electron chi connectivity index (χ1n) is 8.03. The van der Waals surface area contributed by atoms with Crippen molar-refractivity contribution in [2.75, 3.05) is 0 Å². The Kier molecular flexibility index (Phi) is 4.79. The molecule has 7 heteroatoms. The number of halogens is 1. The molecule has 0 saturated heterocycles. The van der Waals surface area contributed by atoms with E-state index < -0.39 is 0 Å². The Bertz CT molecular complexity index is 969. The van der Waals surface area contributed by atoms with Gasteiger partial charge in [0.15, 0.2) is 11.0 Å². The lowest BCUT2D eigenvalue weighted by Gasteiger charge is -2.09. The van der Waals surface area contributed by atoms with Crippen molar-refractivity contribution in [2.24, 2.45) is 0 Å². The second-order valence-corrected chi connectivity index (χ2v) is 6.57. The molecular formula is C19H15FN4OS. The molecule has 0 aliphatic heterocycles. The summed E-state index contributed by atoms with van der Waals surface area (Å²) < 4.78 is 20.6. The molecule has 0 amide bonds. The minimum absolute atomic E-state index is 0.236. The predicted molar refractivity (Wildman–Crippen MR) is 97.0 cm³/mol. The fourth-order valence-electron chi connectivity index (χ4n) is 2.54. The Labute approximate surface area is 153 Å². The quantitative estimate of drug-likeness (QED) is 0.473. The molecule has 0 spiro atoms. The summed E-state index contributed by atoms with van der Waals surface area (Å²) >= 11 is 1.55. The normalized spacial score (nSPS) is 11.0. The predicted octanol–water partition coefficient (Wildman–Crippen LogP) is 4.41. The Morgan fingerprint density at radius 3 is 2.54 bits per heavy atom. The lowest BCUT2D eigenvalue weighted by Crippen LogP contribution is -2.03. The third-order valence-corrected chi connectivity index (χ3v) is 4.87. The van der Waals surface area contributed by atoms with Crippen LogP contribution in [-0.4, -0.2) is 19.7 Å². The van der Waals surface area contributed by atoms with E-state index >= 15 is 0 Å². The monoisotopic (exact) mass is 366 g/mol. The Morgan fingerprint density at radius 1 is 1.00 bits per heavy atom. The fraction of sp³-hybridized carbons (Fsp3) is 0.105. The highest BCUT2D eigenvalue weighted by atomic mass is 32.2. The van der Waals surface area contributed by atoms with Gasteiger partial charge in [-0.15, -0.1) is 10.2 Å². The third kappa shape index (κ3) is 3.67. The summed E-state index contributed by atoms with van der Waals surface area (Å²) in [6.45, 7) is 0.531. The molecule has 4 aromatic rings. The van der Waals surface area contributed by atoms with E-state index in [0.29, 0.717) is 12.3 Å². The number of furan rings is 1. The number of hydrogen-bond acceptors (Lipinski definition) is 5. The number of pyridine rings is 1. The van der Waals surface area contributed by atoms with Gasteiger partial charge in [0, 0.05) is 23.7 Å². The lowest BCUT2D eigenvalue weighted by molar-refractivity contribution is 0.485. The van der Waals surface area contributed by atoms with Gasteiger partial charge in [-0.05, 0) is 42.0 Å². The molecule has 3 aromatic heterocycles. The molecule has 4 rings (SSSR count). The van der Waals surface area contributed by atoms with Crippen LogP contribution < -0.4 is 0 Å². The smallest absolute Gasteiger partial charge is 0.192 e. The van der Waals surface area contributed by atoms with Crippen LogP contribution in [-0.2, 0) is 12.3 Å². The standard InChI is InChI=1S/C19H15FN4OS/c20-16-5-3-14(4-6-16)13-26-19-23-22-18(15-7-9-21-10-8-15)24(19)12-17-2-1-11-25-17/h1-11H,12-13H2. The third-order valence-electron chi connectivity index (χ3n) is 3.83. The molecule has 1 aromatic carbocycles. The van der Waals surface area contributed by atoms with Crippen molar-refractivity contribution in [2.45, 2.75) is 17.5 Å². The largest absolute Gasteiger partial charge is 0.467 e. The van der Waals surface area contributed by atoms with Gasteiger partial charge in [-0.3, -0.25) is 9.55 Å². The van der Waals surface area contributed by atoms with E-state index in [4.69, 9.17) is 4.42 Å². The topological polar surface area (TPSA) is 56.7 Å². The average molecular weight is 366 g/mol. The summed E-state index contributed by atoms with van der Waals surface area (Å²) in [6.07, 6.45) is 5.11. The second kappa shape index (κ2) is 7.53. The molecule has 0 atom stereocenters. The van der Waals surface area contributed by atoms with Gasteiger partial charge in [0.25, 0.3) is 0 Å². The number of benzene rings is 1. The first kappa shape index (κ1) is 16.5. The van der Waals surface area contributed by atoms with Crippen molar-refractivity contribution in [3.05, 3.63) is 84.3 Å². The van der Waals surface area contributed by atoms with Crippen LogP contribution in [0, 0.1) is 5.82 Å². The molecule has 0 aliphatic carbocycles. The van der Waals surface area contributed by atoms with Crippen molar-refractivity contribution in [1.82, 2.24) is 19.7 Å². The molecule has 0 fully saturated rings.